The molecule has 2 unspecified atom stereocenters. The molecular weight excluding hydrogens is 695 g/mol. The molecule has 5 aliphatic rings. The van der Waals surface area contributed by atoms with Crippen LogP contribution in [0.5, 0.6) is 0 Å². The molecule has 0 aliphatic carbocycles. The molecule has 10 nitrogen and oxygen atoms in total. The SMILES string of the molecule is N#Cc1ccc(N2CCC(c3ccc(N4CCC(CN5CCN(c6ccc7c(c6)CN(C6CCC(=O)NC6=O)C7=O)CC5)CC4)cc3)C2)cc1C(F)(F)F. The van der Waals surface area contributed by atoms with E-state index < -0.39 is 23.7 Å². The lowest BCUT2D eigenvalue weighted by atomic mass is 9.94. The van der Waals surface area contributed by atoms with Gasteiger partial charge in [0.2, 0.25) is 11.8 Å². The molecule has 2 atom stereocenters. The molecule has 1 N–H and O–H groups in total. The lowest BCUT2D eigenvalue weighted by Crippen LogP contribution is -2.52. The molecule has 8 rings (SSSR count). The van der Waals surface area contributed by atoms with Gasteiger partial charge in [-0.25, -0.2) is 0 Å². The van der Waals surface area contributed by atoms with Crippen LogP contribution < -0.4 is 20.0 Å². The van der Waals surface area contributed by atoms with Crippen molar-refractivity contribution in [2.24, 2.45) is 5.92 Å². The Morgan fingerprint density at radius 1 is 0.759 bits per heavy atom. The van der Waals surface area contributed by atoms with E-state index in [2.05, 4.69) is 50.3 Å². The molecule has 5 aliphatic heterocycles. The smallest absolute Gasteiger partial charge is 0.372 e. The second-order valence-electron chi connectivity index (χ2n) is 15.3. The van der Waals surface area contributed by atoms with Crippen molar-refractivity contribution in [1.82, 2.24) is 15.1 Å². The van der Waals surface area contributed by atoms with E-state index in [0.29, 0.717) is 43.2 Å². The minimum absolute atomic E-state index is 0.146. The Balaban J connectivity index is 0.788. The first-order chi connectivity index (χ1) is 26.0. The molecule has 0 spiro atoms. The van der Waals surface area contributed by atoms with Crippen LogP contribution in [0.1, 0.15) is 70.6 Å². The first-order valence-corrected chi connectivity index (χ1v) is 19.0. The molecule has 13 heteroatoms. The number of anilines is 3. The predicted molar refractivity (Wildman–Crippen MR) is 198 cm³/mol. The van der Waals surface area contributed by atoms with Gasteiger partial charge in [-0.3, -0.25) is 24.6 Å². The summed E-state index contributed by atoms with van der Waals surface area (Å²) in [5.74, 6) is 0.0510. The topological polar surface area (TPSA) is 103 Å². The van der Waals surface area contributed by atoms with E-state index in [0.717, 1.165) is 82.4 Å². The van der Waals surface area contributed by atoms with Crippen molar-refractivity contribution in [2.75, 3.05) is 73.6 Å². The number of nitrogens with zero attached hydrogens (tertiary/aromatic N) is 6. The summed E-state index contributed by atoms with van der Waals surface area (Å²) >= 11 is 0. The number of imide groups is 1. The van der Waals surface area contributed by atoms with Gasteiger partial charge in [0.1, 0.15) is 6.04 Å². The number of alkyl halides is 3. The Kier molecular flexibility index (Phi) is 9.73. The van der Waals surface area contributed by atoms with E-state index in [-0.39, 0.29) is 29.7 Å². The van der Waals surface area contributed by atoms with Crippen LogP contribution in [0.2, 0.25) is 0 Å². The monoisotopic (exact) mass is 739 g/mol. The summed E-state index contributed by atoms with van der Waals surface area (Å²) in [4.78, 5) is 48.1. The number of fused-ring (bicyclic) bond motifs is 1. The summed E-state index contributed by atoms with van der Waals surface area (Å²) < 4.78 is 40.6. The fraction of sp³-hybridized carbons (Fsp3) is 0.463. The molecule has 0 bridgehead atoms. The number of rotatable bonds is 7. The summed E-state index contributed by atoms with van der Waals surface area (Å²) in [7, 11) is 0. The zero-order chi connectivity index (χ0) is 37.6. The maximum atomic E-state index is 13.5. The van der Waals surface area contributed by atoms with Crippen molar-refractivity contribution in [3.8, 4) is 6.07 Å². The van der Waals surface area contributed by atoms with E-state index in [4.69, 9.17) is 5.26 Å². The number of amides is 3. The third kappa shape index (κ3) is 7.23. The Morgan fingerprint density at radius 2 is 1.43 bits per heavy atom. The molecule has 3 amide bonds. The number of nitriles is 1. The molecule has 4 saturated heterocycles. The Morgan fingerprint density at radius 3 is 2.13 bits per heavy atom. The third-order valence-electron chi connectivity index (χ3n) is 12.1. The number of piperidine rings is 2. The highest BCUT2D eigenvalue weighted by Gasteiger charge is 2.40. The summed E-state index contributed by atoms with van der Waals surface area (Å²) in [5.41, 5.74) is 4.35. The number of nitrogens with one attached hydrogen (secondary N) is 1. The second-order valence-corrected chi connectivity index (χ2v) is 15.3. The molecule has 0 aromatic heterocycles. The highest BCUT2D eigenvalue weighted by molar-refractivity contribution is 6.05. The van der Waals surface area contributed by atoms with Crippen LogP contribution in [0, 0.1) is 17.2 Å². The number of carbonyl (C=O) groups excluding carboxylic acids is 3. The van der Waals surface area contributed by atoms with Crippen molar-refractivity contribution in [3.05, 3.63) is 88.5 Å². The van der Waals surface area contributed by atoms with Crippen molar-refractivity contribution in [2.45, 2.75) is 56.8 Å². The van der Waals surface area contributed by atoms with Crippen LogP contribution in [-0.2, 0) is 22.3 Å². The van der Waals surface area contributed by atoms with Crippen molar-refractivity contribution in [3.63, 3.8) is 0 Å². The Bertz CT molecular complexity index is 1960. The maximum absolute atomic E-state index is 13.5. The molecule has 0 radical (unpaired) electrons. The molecular formula is C41H44F3N7O3. The molecule has 282 valence electrons. The van der Waals surface area contributed by atoms with E-state index in [1.54, 1.807) is 17.0 Å². The first kappa shape index (κ1) is 35.9. The van der Waals surface area contributed by atoms with E-state index >= 15 is 0 Å². The Labute approximate surface area is 313 Å². The number of benzene rings is 3. The van der Waals surface area contributed by atoms with Crippen LogP contribution in [0.3, 0.4) is 0 Å². The van der Waals surface area contributed by atoms with Gasteiger partial charge < -0.3 is 19.6 Å². The number of carbonyl (C=O) groups is 3. The Hall–Kier alpha value is -5.09. The standard InChI is InChI=1S/C41H44F3N7O3/c42-41(43,44)36-22-34(6-3-29(36)23-45)50-16-13-30(25-50)28-1-4-32(5-2-28)48-14-11-27(12-15-48)24-47-17-19-49(20-18-47)33-7-8-35-31(21-33)26-51(40(35)54)37-9-10-38(52)46-39(37)53/h1-8,21-22,27,30,37H,9-20,24-26H2,(H,46,52,53). The van der Waals surface area contributed by atoms with Gasteiger partial charge in [0.15, 0.2) is 0 Å². The van der Waals surface area contributed by atoms with Gasteiger partial charge in [-0.15, -0.1) is 0 Å². The minimum Gasteiger partial charge on any atom is -0.372 e. The van der Waals surface area contributed by atoms with Gasteiger partial charge in [0.05, 0.1) is 17.2 Å². The number of halogens is 3. The van der Waals surface area contributed by atoms with Gasteiger partial charge in [-0.05, 0) is 91.3 Å². The molecule has 3 aromatic rings. The third-order valence-corrected chi connectivity index (χ3v) is 12.1. The number of piperazine rings is 1. The summed E-state index contributed by atoms with van der Waals surface area (Å²) in [6.07, 6.45) is -0.838. The molecule has 54 heavy (non-hydrogen) atoms. The maximum Gasteiger partial charge on any atom is 0.417 e. The van der Waals surface area contributed by atoms with Crippen LogP contribution in [0.15, 0.2) is 60.7 Å². The van der Waals surface area contributed by atoms with E-state index in [1.807, 2.05) is 17.0 Å². The number of hydrogen-bond donors (Lipinski definition) is 1. The molecule has 5 heterocycles. The van der Waals surface area contributed by atoms with Gasteiger partial charge in [0.25, 0.3) is 5.91 Å². The lowest BCUT2D eigenvalue weighted by molar-refractivity contribution is -0.138. The summed E-state index contributed by atoms with van der Waals surface area (Å²) in [6.45, 7) is 8.57. The van der Waals surface area contributed by atoms with Gasteiger partial charge in [-0.2, -0.15) is 18.4 Å². The highest BCUT2D eigenvalue weighted by Crippen LogP contribution is 2.38. The normalized spacial score (nSPS) is 22.8. The summed E-state index contributed by atoms with van der Waals surface area (Å²) in [5, 5.41) is 11.5. The highest BCUT2D eigenvalue weighted by atomic mass is 19.4. The average molecular weight is 740 g/mol. The van der Waals surface area contributed by atoms with E-state index in [9.17, 15) is 27.6 Å². The van der Waals surface area contributed by atoms with Crippen LogP contribution >= 0.6 is 0 Å². The zero-order valence-electron chi connectivity index (χ0n) is 30.2. The average Bonchev–Trinajstić information content (AvgIpc) is 3.80. The van der Waals surface area contributed by atoms with Gasteiger partial charge >= 0.3 is 6.18 Å². The van der Waals surface area contributed by atoms with Crippen molar-refractivity contribution < 1.29 is 27.6 Å². The number of hydrogen-bond acceptors (Lipinski definition) is 8. The minimum atomic E-state index is -4.57. The van der Waals surface area contributed by atoms with Crippen LogP contribution in [0.4, 0.5) is 30.2 Å². The van der Waals surface area contributed by atoms with Crippen molar-refractivity contribution >= 4 is 34.8 Å². The zero-order valence-corrected chi connectivity index (χ0v) is 30.2. The quantitative estimate of drug-likeness (QED) is 0.323. The molecule has 3 aromatic carbocycles. The second kappa shape index (κ2) is 14.6. The molecule has 4 fully saturated rings. The van der Waals surface area contributed by atoms with E-state index in [1.165, 1.54) is 17.3 Å². The lowest BCUT2D eigenvalue weighted by Gasteiger charge is -2.40. The summed E-state index contributed by atoms with van der Waals surface area (Å²) in [6, 6.07) is 19.7. The fourth-order valence-corrected chi connectivity index (χ4v) is 8.97. The largest absolute Gasteiger partial charge is 0.417 e. The van der Waals surface area contributed by atoms with Crippen LogP contribution in [0.25, 0.3) is 0 Å². The van der Waals surface area contributed by atoms with Gasteiger partial charge in [0, 0.05) is 100 Å². The molecule has 0 saturated carbocycles. The van der Waals surface area contributed by atoms with Gasteiger partial charge in [-0.1, -0.05) is 12.1 Å². The fourth-order valence-electron chi connectivity index (χ4n) is 8.97. The van der Waals surface area contributed by atoms with Crippen LogP contribution in [-0.4, -0.2) is 92.5 Å². The van der Waals surface area contributed by atoms with Crippen molar-refractivity contribution in [1.29, 1.82) is 5.26 Å². The predicted octanol–water partition coefficient (Wildman–Crippen LogP) is 5.37. The first-order valence-electron chi connectivity index (χ1n) is 19.0.